The van der Waals surface area contributed by atoms with Crippen LogP contribution in [0.4, 0.5) is 0 Å². The van der Waals surface area contributed by atoms with Gasteiger partial charge in [0.15, 0.2) is 0 Å². The van der Waals surface area contributed by atoms with Crippen LogP contribution < -0.4 is 5.43 Å². The normalized spacial score (nSPS) is 11.2. The maximum absolute atomic E-state index is 10.8. The topological polar surface area (TPSA) is 41.5 Å². The standard InChI is InChI=1S/C12H16N2O/c1-3-7-12(14-13-10(2)15)11-8-5-4-6-9-11/h4-6,8-9H,3,7H2,1-2H3,(H,13,15)/b14-12-. The van der Waals surface area contributed by atoms with Crippen LogP contribution in [-0.2, 0) is 4.79 Å². The third kappa shape index (κ3) is 3.94. The molecule has 0 aliphatic heterocycles. The highest BCUT2D eigenvalue weighted by molar-refractivity contribution is 6.00. The van der Waals surface area contributed by atoms with Crippen molar-refractivity contribution in [2.45, 2.75) is 26.7 Å². The molecule has 0 aliphatic carbocycles. The van der Waals surface area contributed by atoms with Crippen molar-refractivity contribution in [3.8, 4) is 0 Å². The highest BCUT2D eigenvalue weighted by atomic mass is 16.2. The Kier molecular flexibility index (Phi) is 4.54. The molecule has 0 aliphatic rings. The first kappa shape index (κ1) is 11.4. The van der Waals surface area contributed by atoms with Crippen molar-refractivity contribution in [1.29, 1.82) is 0 Å². The van der Waals surface area contributed by atoms with Crippen LogP contribution in [0.15, 0.2) is 35.4 Å². The molecule has 3 nitrogen and oxygen atoms in total. The van der Waals surface area contributed by atoms with Gasteiger partial charge in [-0.15, -0.1) is 0 Å². The molecule has 0 atom stereocenters. The summed E-state index contributed by atoms with van der Waals surface area (Å²) in [6, 6.07) is 9.89. The summed E-state index contributed by atoms with van der Waals surface area (Å²) in [7, 11) is 0. The van der Waals surface area contributed by atoms with Crippen LogP contribution in [-0.4, -0.2) is 11.6 Å². The Labute approximate surface area is 90.2 Å². The van der Waals surface area contributed by atoms with Crippen LogP contribution in [0.2, 0.25) is 0 Å². The van der Waals surface area contributed by atoms with Crippen LogP contribution in [0.1, 0.15) is 32.3 Å². The van der Waals surface area contributed by atoms with Crippen LogP contribution >= 0.6 is 0 Å². The molecule has 1 N–H and O–H groups in total. The van der Waals surface area contributed by atoms with E-state index in [-0.39, 0.29) is 5.91 Å². The molecule has 80 valence electrons. The molecule has 0 aromatic heterocycles. The molecule has 0 unspecified atom stereocenters. The van der Waals surface area contributed by atoms with Gasteiger partial charge in [-0.2, -0.15) is 5.10 Å². The smallest absolute Gasteiger partial charge is 0.236 e. The summed E-state index contributed by atoms with van der Waals surface area (Å²) in [5, 5.41) is 4.10. The van der Waals surface area contributed by atoms with Gasteiger partial charge in [-0.3, -0.25) is 4.79 Å². The van der Waals surface area contributed by atoms with Gasteiger partial charge in [0, 0.05) is 6.92 Å². The molecule has 0 heterocycles. The van der Waals surface area contributed by atoms with Crippen LogP contribution in [0.25, 0.3) is 0 Å². The maximum Gasteiger partial charge on any atom is 0.236 e. The van der Waals surface area contributed by atoms with Gasteiger partial charge in [-0.05, 0) is 12.0 Å². The lowest BCUT2D eigenvalue weighted by molar-refractivity contribution is -0.118. The van der Waals surface area contributed by atoms with Gasteiger partial charge in [-0.1, -0.05) is 43.7 Å². The molecule has 15 heavy (non-hydrogen) atoms. The van der Waals surface area contributed by atoms with E-state index in [2.05, 4.69) is 17.5 Å². The molecule has 0 spiro atoms. The van der Waals surface area contributed by atoms with Crippen LogP contribution in [0.5, 0.6) is 0 Å². The van der Waals surface area contributed by atoms with Crippen LogP contribution in [0.3, 0.4) is 0 Å². The Morgan fingerprint density at radius 1 is 1.33 bits per heavy atom. The summed E-state index contributed by atoms with van der Waals surface area (Å²) in [6.07, 6.45) is 1.87. The summed E-state index contributed by atoms with van der Waals surface area (Å²) in [5.74, 6) is -0.139. The van der Waals surface area contributed by atoms with Gasteiger partial charge in [0.2, 0.25) is 5.91 Å². The fraction of sp³-hybridized carbons (Fsp3) is 0.333. The average molecular weight is 204 g/mol. The van der Waals surface area contributed by atoms with Crippen molar-refractivity contribution in [3.05, 3.63) is 35.9 Å². The third-order valence-electron chi connectivity index (χ3n) is 1.94. The van der Waals surface area contributed by atoms with Gasteiger partial charge in [0.1, 0.15) is 0 Å². The summed E-state index contributed by atoms with van der Waals surface area (Å²) < 4.78 is 0. The Morgan fingerprint density at radius 3 is 2.53 bits per heavy atom. The molecule has 0 saturated heterocycles. The zero-order valence-electron chi connectivity index (χ0n) is 9.16. The number of hydrazone groups is 1. The second-order valence-corrected chi connectivity index (χ2v) is 3.34. The monoisotopic (exact) mass is 204 g/mol. The van der Waals surface area contributed by atoms with Gasteiger partial charge in [0.05, 0.1) is 5.71 Å². The predicted molar refractivity (Wildman–Crippen MR) is 61.7 cm³/mol. The zero-order chi connectivity index (χ0) is 11.1. The first-order valence-electron chi connectivity index (χ1n) is 5.12. The van der Waals surface area contributed by atoms with E-state index in [1.807, 2.05) is 30.3 Å². The van der Waals surface area contributed by atoms with Crippen molar-refractivity contribution >= 4 is 11.6 Å². The van der Waals surface area contributed by atoms with E-state index in [4.69, 9.17) is 0 Å². The number of hydrogen-bond acceptors (Lipinski definition) is 2. The van der Waals surface area contributed by atoms with E-state index in [0.717, 1.165) is 24.1 Å². The van der Waals surface area contributed by atoms with E-state index >= 15 is 0 Å². The summed E-state index contributed by atoms with van der Waals surface area (Å²) >= 11 is 0. The quantitative estimate of drug-likeness (QED) is 0.593. The summed E-state index contributed by atoms with van der Waals surface area (Å²) in [6.45, 7) is 3.55. The van der Waals surface area contributed by atoms with Crippen molar-refractivity contribution in [1.82, 2.24) is 5.43 Å². The molecule has 1 amide bonds. The maximum atomic E-state index is 10.8. The molecule has 3 heteroatoms. The Morgan fingerprint density at radius 2 is 2.00 bits per heavy atom. The minimum absolute atomic E-state index is 0.139. The minimum atomic E-state index is -0.139. The number of carbonyl (C=O) groups is 1. The van der Waals surface area contributed by atoms with Gasteiger partial charge < -0.3 is 0 Å². The SMILES string of the molecule is CCC/C(=N/NC(C)=O)c1ccccc1. The highest BCUT2D eigenvalue weighted by Gasteiger charge is 2.01. The van der Waals surface area contributed by atoms with Gasteiger partial charge in [-0.25, -0.2) is 5.43 Å². The molecular formula is C12H16N2O. The van der Waals surface area contributed by atoms with Gasteiger partial charge in [0.25, 0.3) is 0 Å². The second-order valence-electron chi connectivity index (χ2n) is 3.34. The minimum Gasteiger partial charge on any atom is -0.274 e. The van der Waals surface area contributed by atoms with Crippen molar-refractivity contribution in [2.75, 3.05) is 0 Å². The number of nitrogens with one attached hydrogen (secondary N) is 1. The predicted octanol–water partition coefficient (Wildman–Crippen LogP) is 2.33. The van der Waals surface area contributed by atoms with E-state index in [9.17, 15) is 4.79 Å². The lowest BCUT2D eigenvalue weighted by atomic mass is 10.1. The Balaban J connectivity index is 2.83. The average Bonchev–Trinajstić information content (AvgIpc) is 2.25. The second kappa shape index (κ2) is 5.96. The summed E-state index contributed by atoms with van der Waals surface area (Å²) in [4.78, 5) is 10.8. The van der Waals surface area contributed by atoms with Crippen molar-refractivity contribution in [3.63, 3.8) is 0 Å². The number of amides is 1. The lowest BCUT2D eigenvalue weighted by Gasteiger charge is -2.04. The van der Waals surface area contributed by atoms with Crippen molar-refractivity contribution in [2.24, 2.45) is 5.10 Å². The molecular weight excluding hydrogens is 188 g/mol. The first-order chi connectivity index (χ1) is 7.24. The molecule has 1 rings (SSSR count). The Hall–Kier alpha value is -1.64. The lowest BCUT2D eigenvalue weighted by Crippen LogP contribution is -2.16. The highest BCUT2D eigenvalue weighted by Crippen LogP contribution is 2.05. The zero-order valence-corrected chi connectivity index (χ0v) is 9.16. The molecule has 1 aromatic rings. The summed E-state index contributed by atoms with van der Waals surface area (Å²) in [5.41, 5.74) is 4.47. The number of carbonyl (C=O) groups excluding carboxylic acids is 1. The van der Waals surface area contributed by atoms with E-state index in [0.29, 0.717) is 0 Å². The molecule has 0 radical (unpaired) electrons. The fourth-order valence-corrected chi connectivity index (χ4v) is 1.28. The van der Waals surface area contributed by atoms with E-state index in [1.165, 1.54) is 6.92 Å². The number of hydrogen-bond donors (Lipinski definition) is 1. The largest absolute Gasteiger partial charge is 0.274 e. The number of benzene rings is 1. The molecule has 0 bridgehead atoms. The van der Waals surface area contributed by atoms with Crippen molar-refractivity contribution < 1.29 is 4.79 Å². The van der Waals surface area contributed by atoms with Crippen LogP contribution in [0, 0.1) is 0 Å². The fourth-order valence-electron chi connectivity index (χ4n) is 1.28. The number of nitrogens with zero attached hydrogens (tertiary/aromatic N) is 1. The van der Waals surface area contributed by atoms with Gasteiger partial charge >= 0.3 is 0 Å². The third-order valence-corrected chi connectivity index (χ3v) is 1.94. The van der Waals surface area contributed by atoms with E-state index in [1.54, 1.807) is 0 Å². The number of rotatable bonds is 4. The molecule has 0 saturated carbocycles. The Bertz CT molecular complexity index is 344. The molecule has 0 fully saturated rings. The van der Waals surface area contributed by atoms with E-state index < -0.39 is 0 Å². The first-order valence-corrected chi connectivity index (χ1v) is 5.12. The molecule has 1 aromatic carbocycles.